The molecular formula is C27H28Cl2N2O2. The second-order valence-electron chi connectivity index (χ2n) is 8.04. The maximum Gasteiger partial charge on any atom is 0.172 e. The van der Waals surface area contributed by atoms with Crippen LogP contribution in [-0.4, -0.2) is 19.0 Å². The Balaban J connectivity index is 1.78. The molecule has 0 aromatic heterocycles. The minimum atomic E-state index is -0.134. The van der Waals surface area contributed by atoms with Gasteiger partial charge in [0.2, 0.25) is 0 Å². The molecule has 0 spiro atoms. The molecule has 172 valence electrons. The molecule has 0 radical (unpaired) electrons. The third-order valence-corrected chi connectivity index (χ3v) is 6.47. The maximum atomic E-state index is 6.41. The first-order valence-electron chi connectivity index (χ1n) is 11.2. The number of ether oxygens (including phenoxy) is 2. The fourth-order valence-corrected chi connectivity index (χ4v) is 4.35. The van der Waals surface area contributed by atoms with Gasteiger partial charge in [0.05, 0.1) is 24.8 Å². The van der Waals surface area contributed by atoms with Crippen LogP contribution < -0.4 is 14.8 Å². The minimum absolute atomic E-state index is 0.0642. The number of methoxy groups -OCH3 is 1. The van der Waals surface area contributed by atoms with Gasteiger partial charge < -0.3 is 14.8 Å². The van der Waals surface area contributed by atoms with E-state index in [0.717, 1.165) is 35.4 Å². The van der Waals surface area contributed by atoms with Crippen molar-refractivity contribution in [2.45, 2.75) is 44.9 Å². The third-order valence-electron chi connectivity index (χ3n) is 5.97. The van der Waals surface area contributed by atoms with Crippen molar-refractivity contribution in [2.75, 3.05) is 7.11 Å². The number of nitrogens with one attached hydrogen (secondary N) is 1. The van der Waals surface area contributed by atoms with Crippen LogP contribution >= 0.6 is 23.2 Å². The van der Waals surface area contributed by atoms with Gasteiger partial charge in [-0.2, -0.15) is 0 Å². The lowest BCUT2D eigenvalue weighted by atomic mass is 9.95. The van der Waals surface area contributed by atoms with Crippen LogP contribution in [0.5, 0.6) is 11.5 Å². The Morgan fingerprint density at radius 1 is 0.879 bits per heavy atom. The van der Waals surface area contributed by atoms with Gasteiger partial charge in [0.15, 0.2) is 11.5 Å². The van der Waals surface area contributed by atoms with Gasteiger partial charge in [0.1, 0.15) is 11.9 Å². The van der Waals surface area contributed by atoms with Gasteiger partial charge in [0.25, 0.3) is 0 Å². The first-order chi connectivity index (χ1) is 16.0. The molecule has 0 fully saturated rings. The molecule has 6 heteroatoms. The van der Waals surface area contributed by atoms with Crippen molar-refractivity contribution < 1.29 is 9.47 Å². The summed E-state index contributed by atoms with van der Waals surface area (Å²) >= 11 is 12.3. The number of hydrogen-bond donors (Lipinski definition) is 1. The van der Waals surface area contributed by atoms with Crippen LogP contribution in [0.15, 0.2) is 71.7 Å². The van der Waals surface area contributed by atoms with E-state index in [0.29, 0.717) is 21.5 Å². The van der Waals surface area contributed by atoms with Crippen LogP contribution in [0, 0.1) is 0 Å². The molecule has 0 saturated carbocycles. The number of amidine groups is 1. The predicted molar refractivity (Wildman–Crippen MR) is 136 cm³/mol. The summed E-state index contributed by atoms with van der Waals surface area (Å²) in [5.41, 5.74) is 3.06. The summed E-state index contributed by atoms with van der Waals surface area (Å²) in [6.07, 6.45) is 1.92. The molecule has 0 amide bonds. The molecular weight excluding hydrogens is 455 g/mol. The Kier molecular flexibility index (Phi) is 7.46. The molecule has 0 bridgehead atoms. The van der Waals surface area contributed by atoms with E-state index in [1.54, 1.807) is 7.11 Å². The van der Waals surface area contributed by atoms with Gasteiger partial charge >= 0.3 is 0 Å². The molecule has 3 aromatic rings. The predicted octanol–water partition coefficient (Wildman–Crippen LogP) is 7.40. The number of benzene rings is 3. The van der Waals surface area contributed by atoms with Crippen molar-refractivity contribution in [1.82, 2.24) is 5.32 Å². The lowest BCUT2D eigenvalue weighted by molar-refractivity contribution is 0.184. The quantitative estimate of drug-likeness (QED) is 0.363. The summed E-state index contributed by atoms with van der Waals surface area (Å²) < 4.78 is 12.1. The molecule has 4 rings (SSSR count). The van der Waals surface area contributed by atoms with E-state index in [2.05, 4.69) is 19.2 Å². The van der Waals surface area contributed by atoms with Crippen molar-refractivity contribution in [1.29, 1.82) is 0 Å². The van der Waals surface area contributed by atoms with E-state index < -0.39 is 0 Å². The summed E-state index contributed by atoms with van der Waals surface area (Å²) in [4.78, 5) is 5.13. The van der Waals surface area contributed by atoms with Gasteiger partial charge in [0, 0.05) is 10.0 Å². The zero-order chi connectivity index (χ0) is 23.4. The zero-order valence-corrected chi connectivity index (χ0v) is 20.5. The molecule has 2 unspecified atom stereocenters. The zero-order valence-electron chi connectivity index (χ0n) is 19.0. The van der Waals surface area contributed by atoms with Crippen LogP contribution in [0.25, 0.3) is 0 Å². The van der Waals surface area contributed by atoms with Gasteiger partial charge in [-0.1, -0.05) is 67.4 Å². The number of para-hydroxylation sites is 1. The highest BCUT2D eigenvalue weighted by molar-refractivity contribution is 6.30. The molecule has 4 nitrogen and oxygen atoms in total. The van der Waals surface area contributed by atoms with Crippen LogP contribution in [0.4, 0.5) is 0 Å². The fraction of sp³-hybridized carbons (Fsp3) is 0.296. The molecule has 1 N–H and O–H groups in total. The Bertz CT molecular complexity index is 1110. The summed E-state index contributed by atoms with van der Waals surface area (Å²) in [6.45, 7) is 4.25. The minimum Gasteiger partial charge on any atom is -0.493 e. The van der Waals surface area contributed by atoms with E-state index >= 15 is 0 Å². The SMILES string of the molecule is CCC(CC)Oc1c(OC)cccc1C1=NC(c2ccc(Cl)cc2)C(c2ccc(Cl)cc2)N1. The van der Waals surface area contributed by atoms with Gasteiger partial charge in [-0.25, -0.2) is 0 Å². The van der Waals surface area contributed by atoms with E-state index in [1.807, 2.05) is 66.7 Å². The third kappa shape index (κ3) is 5.13. The Morgan fingerprint density at radius 2 is 1.48 bits per heavy atom. The molecule has 2 atom stereocenters. The fourth-order valence-electron chi connectivity index (χ4n) is 4.09. The van der Waals surface area contributed by atoms with Crippen molar-refractivity contribution in [2.24, 2.45) is 4.99 Å². The van der Waals surface area contributed by atoms with E-state index in [1.165, 1.54) is 0 Å². The molecule has 1 aliphatic heterocycles. The highest BCUT2D eigenvalue weighted by atomic mass is 35.5. The standard InChI is InChI=1S/C27H28Cl2N2O2/c1-4-21(5-2)33-26-22(7-6-8-23(26)32-3)27-30-24(17-9-13-19(28)14-10-17)25(31-27)18-11-15-20(29)16-12-18/h6-16,21,24-25H,4-5H2,1-3H3,(H,30,31). The Morgan fingerprint density at radius 3 is 2.06 bits per heavy atom. The lowest BCUT2D eigenvalue weighted by Crippen LogP contribution is -2.26. The summed E-state index contributed by atoms with van der Waals surface area (Å²) in [6, 6.07) is 21.4. The Hall–Kier alpha value is -2.69. The van der Waals surface area contributed by atoms with Crippen molar-refractivity contribution in [3.05, 3.63) is 93.5 Å². The van der Waals surface area contributed by atoms with Gasteiger partial charge in [-0.15, -0.1) is 0 Å². The monoisotopic (exact) mass is 482 g/mol. The molecule has 0 saturated heterocycles. The van der Waals surface area contributed by atoms with Gasteiger partial charge in [-0.3, -0.25) is 4.99 Å². The highest BCUT2D eigenvalue weighted by Crippen LogP contribution is 2.41. The Labute approximate surface area is 205 Å². The topological polar surface area (TPSA) is 42.9 Å². The summed E-state index contributed by atoms with van der Waals surface area (Å²) in [5.74, 6) is 2.18. The number of nitrogens with zero attached hydrogens (tertiary/aromatic N) is 1. The van der Waals surface area contributed by atoms with Crippen molar-refractivity contribution in [3.63, 3.8) is 0 Å². The van der Waals surface area contributed by atoms with Crippen LogP contribution in [0.3, 0.4) is 0 Å². The molecule has 33 heavy (non-hydrogen) atoms. The van der Waals surface area contributed by atoms with Gasteiger partial charge in [-0.05, 0) is 60.4 Å². The number of aliphatic imine (C=N–C) groups is 1. The summed E-state index contributed by atoms with van der Waals surface area (Å²) in [5, 5.41) is 5.05. The highest BCUT2D eigenvalue weighted by Gasteiger charge is 2.33. The van der Waals surface area contributed by atoms with Crippen LogP contribution in [0.2, 0.25) is 10.0 Å². The second kappa shape index (κ2) is 10.5. The van der Waals surface area contributed by atoms with Crippen molar-refractivity contribution in [3.8, 4) is 11.5 Å². The normalized spacial score (nSPS) is 17.6. The summed E-state index contributed by atoms with van der Waals surface area (Å²) in [7, 11) is 1.66. The second-order valence-corrected chi connectivity index (χ2v) is 8.91. The molecule has 0 aliphatic carbocycles. The van der Waals surface area contributed by atoms with E-state index in [4.69, 9.17) is 37.7 Å². The average molecular weight is 483 g/mol. The molecule has 3 aromatic carbocycles. The maximum absolute atomic E-state index is 6.41. The van der Waals surface area contributed by atoms with E-state index in [-0.39, 0.29) is 18.2 Å². The lowest BCUT2D eigenvalue weighted by Gasteiger charge is -2.22. The molecule has 1 aliphatic rings. The smallest absolute Gasteiger partial charge is 0.172 e. The first-order valence-corrected chi connectivity index (χ1v) is 12.0. The molecule has 1 heterocycles. The number of hydrogen-bond acceptors (Lipinski definition) is 4. The van der Waals surface area contributed by atoms with E-state index in [9.17, 15) is 0 Å². The van der Waals surface area contributed by atoms with Crippen LogP contribution in [0.1, 0.15) is 55.5 Å². The van der Waals surface area contributed by atoms with Crippen LogP contribution in [-0.2, 0) is 0 Å². The van der Waals surface area contributed by atoms with Crippen molar-refractivity contribution >= 4 is 29.0 Å². The number of rotatable bonds is 8. The first kappa shape index (κ1) is 23.5. The number of halogens is 2. The largest absolute Gasteiger partial charge is 0.493 e. The average Bonchev–Trinajstić information content (AvgIpc) is 3.28.